The summed E-state index contributed by atoms with van der Waals surface area (Å²) in [7, 11) is 0. The molecule has 0 radical (unpaired) electrons. The van der Waals surface area contributed by atoms with E-state index < -0.39 is 0 Å². The third-order valence-electron chi connectivity index (χ3n) is 3.43. The fraction of sp³-hybridized carbons (Fsp3) is 0.176. The number of nitrogen functional groups attached to an aromatic ring is 1. The van der Waals surface area contributed by atoms with Gasteiger partial charge >= 0.3 is 0 Å². The summed E-state index contributed by atoms with van der Waals surface area (Å²) in [4.78, 5) is 0. The molecule has 1 heterocycles. The second kappa shape index (κ2) is 5.89. The molecule has 0 saturated heterocycles. The quantitative estimate of drug-likeness (QED) is 0.802. The Balaban J connectivity index is 2.06. The molecule has 0 fully saturated rings. The number of aryl methyl sites for hydroxylation is 1. The lowest BCUT2D eigenvalue weighted by molar-refractivity contribution is 0.341. The Morgan fingerprint density at radius 3 is 2.55 bits per heavy atom. The first-order chi connectivity index (χ1) is 10.7. The number of nitrogens with two attached hydrogens (primary N) is 1. The summed E-state index contributed by atoms with van der Waals surface area (Å²) in [5.74, 6) is 1.25. The number of rotatable bonds is 4. The van der Waals surface area contributed by atoms with Gasteiger partial charge < -0.3 is 10.5 Å². The van der Waals surface area contributed by atoms with Crippen LogP contribution < -0.4 is 10.5 Å². The van der Waals surface area contributed by atoms with E-state index in [0.29, 0.717) is 18.1 Å². The van der Waals surface area contributed by atoms with E-state index in [1.54, 1.807) is 4.68 Å². The van der Waals surface area contributed by atoms with Crippen molar-refractivity contribution in [2.24, 2.45) is 0 Å². The summed E-state index contributed by atoms with van der Waals surface area (Å²) in [6, 6.07) is 15.7. The van der Waals surface area contributed by atoms with E-state index in [1.165, 1.54) is 5.56 Å². The fourth-order valence-electron chi connectivity index (χ4n) is 2.30. The molecule has 0 aliphatic carbocycles. The third-order valence-corrected chi connectivity index (χ3v) is 3.43. The molecule has 0 aliphatic heterocycles. The predicted octanol–water partition coefficient (Wildman–Crippen LogP) is 3.22. The molecule has 2 aromatic carbocycles. The van der Waals surface area contributed by atoms with Crippen LogP contribution in [0.5, 0.6) is 5.75 Å². The van der Waals surface area contributed by atoms with Gasteiger partial charge in [-0.15, -0.1) is 5.10 Å². The van der Waals surface area contributed by atoms with Gasteiger partial charge in [-0.25, -0.2) is 0 Å². The summed E-state index contributed by atoms with van der Waals surface area (Å²) in [6.45, 7) is 4.57. The van der Waals surface area contributed by atoms with Crippen LogP contribution >= 0.6 is 0 Å². The zero-order valence-corrected chi connectivity index (χ0v) is 12.7. The Morgan fingerprint density at radius 2 is 1.82 bits per heavy atom. The summed E-state index contributed by atoms with van der Waals surface area (Å²) >= 11 is 0. The van der Waals surface area contributed by atoms with Crippen molar-refractivity contribution in [2.45, 2.75) is 13.8 Å². The minimum Gasteiger partial charge on any atom is -0.493 e. The van der Waals surface area contributed by atoms with Crippen LogP contribution in [0.1, 0.15) is 12.5 Å². The zero-order valence-electron chi connectivity index (χ0n) is 12.7. The second-order valence-corrected chi connectivity index (χ2v) is 5.00. The SMILES string of the molecule is CCOc1ccccc1-c1nnn(-c2ccc(C)cc2)c1N. The molecule has 0 atom stereocenters. The Bertz CT molecular complexity index is 778. The molecular formula is C17H18N4O. The van der Waals surface area contributed by atoms with Crippen LogP contribution in [0.25, 0.3) is 16.9 Å². The molecular weight excluding hydrogens is 276 g/mol. The third kappa shape index (κ3) is 2.53. The van der Waals surface area contributed by atoms with Crippen LogP contribution in [-0.4, -0.2) is 21.6 Å². The summed E-state index contributed by atoms with van der Waals surface area (Å²) in [6.07, 6.45) is 0. The molecule has 1 aromatic heterocycles. The van der Waals surface area contributed by atoms with E-state index in [0.717, 1.165) is 17.0 Å². The average molecular weight is 294 g/mol. The van der Waals surface area contributed by atoms with Gasteiger partial charge in [0.2, 0.25) is 0 Å². The number of hydrogen-bond donors (Lipinski definition) is 1. The van der Waals surface area contributed by atoms with Gasteiger partial charge in [-0.05, 0) is 38.1 Å². The van der Waals surface area contributed by atoms with Gasteiger partial charge in [-0.1, -0.05) is 35.0 Å². The van der Waals surface area contributed by atoms with Crippen molar-refractivity contribution in [3.63, 3.8) is 0 Å². The maximum Gasteiger partial charge on any atom is 0.156 e. The summed E-state index contributed by atoms with van der Waals surface area (Å²) in [5, 5.41) is 8.42. The van der Waals surface area contributed by atoms with E-state index in [-0.39, 0.29) is 0 Å². The largest absolute Gasteiger partial charge is 0.493 e. The molecule has 5 nitrogen and oxygen atoms in total. The zero-order chi connectivity index (χ0) is 15.5. The molecule has 2 N–H and O–H groups in total. The van der Waals surface area contributed by atoms with Crippen LogP contribution in [0.4, 0.5) is 5.82 Å². The first kappa shape index (κ1) is 14.1. The number of ether oxygens (including phenoxy) is 1. The van der Waals surface area contributed by atoms with Crippen LogP contribution in [-0.2, 0) is 0 Å². The Labute approximate surface area is 129 Å². The van der Waals surface area contributed by atoms with Gasteiger partial charge in [0.1, 0.15) is 11.4 Å². The number of nitrogens with zero attached hydrogens (tertiary/aromatic N) is 3. The van der Waals surface area contributed by atoms with Crippen molar-refractivity contribution in [3.8, 4) is 22.7 Å². The number of para-hydroxylation sites is 1. The predicted molar refractivity (Wildman–Crippen MR) is 87.1 cm³/mol. The van der Waals surface area contributed by atoms with E-state index in [4.69, 9.17) is 10.5 Å². The van der Waals surface area contributed by atoms with E-state index >= 15 is 0 Å². The lowest BCUT2D eigenvalue weighted by Crippen LogP contribution is -2.02. The molecule has 0 saturated carbocycles. The highest BCUT2D eigenvalue weighted by molar-refractivity contribution is 5.75. The highest BCUT2D eigenvalue weighted by atomic mass is 16.5. The fourth-order valence-corrected chi connectivity index (χ4v) is 2.30. The number of anilines is 1. The number of benzene rings is 2. The van der Waals surface area contributed by atoms with Crippen LogP contribution in [0.15, 0.2) is 48.5 Å². The number of aromatic nitrogens is 3. The lowest BCUT2D eigenvalue weighted by atomic mass is 10.1. The normalized spacial score (nSPS) is 10.6. The Morgan fingerprint density at radius 1 is 1.09 bits per heavy atom. The van der Waals surface area contributed by atoms with Crippen LogP contribution in [0, 0.1) is 6.92 Å². The van der Waals surface area contributed by atoms with Gasteiger partial charge in [-0.2, -0.15) is 4.68 Å². The Hall–Kier alpha value is -2.82. The van der Waals surface area contributed by atoms with Gasteiger partial charge in [0.15, 0.2) is 5.82 Å². The monoisotopic (exact) mass is 294 g/mol. The molecule has 3 rings (SSSR count). The lowest BCUT2D eigenvalue weighted by Gasteiger charge is -2.08. The van der Waals surface area contributed by atoms with Gasteiger partial charge in [0.05, 0.1) is 12.3 Å². The minimum atomic E-state index is 0.496. The molecule has 3 aromatic rings. The van der Waals surface area contributed by atoms with E-state index in [9.17, 15) is 0 Å². The van der Waals surface area contributed by atoms with Crippen molar-refractivity contribution < 1.29 is 4.74 Å². The van der Waals surface area contributed by atoms with Crippen molar-refractivity contribution in [1.29, 1.82) is 0 Å². The molecule has 0 bridgehead atoms. The molecule has 112 valence electrons. The maximum absolute atomic E-state index is 6.25. The highest BCUT2D eigenvalue weighted by Gasteiger charge is 2.16. The van der Waals surface area contributed by atoms with Crippen LogP contribution in [0.2, 0.25) is 0 Å². The van der Waals surface area contributed by atoms with Crippen molar-refractivity contribution in [1.82, 2.24) is 15.0 Å². The molecule has 22 heavy (non-hydrogen) atoms. The average Bonchev–Trinajstić information content (AvgIpc) is 2.91. The maximum atomic E-state index is 6.25. The summed E-state index contributed by atoms with van der Waals surface area (Å²) in [5.41, 5.74) is 9.80. The first-order valence-corrected chi connectivity index (χ1v) is 7.21. The van der Waals surface area contributed by atoms with Crippen molar-refractivity contribution in [3.05, 3.63) is 54.1 Å². The topological polar surface area (TPSA) is 66.0 Å². The van der Waals surface area contributed by atoms with Gasteiger partial charge in [0.25, 0.3) is 0 Å². The van der Waals surface area contributed by atoms with E-state index in [1.807, 2.05) is 62.4 Å². The molecule has 0 amide bonds. The first-order valence-electron chi connectivity index (χ1n) is 7.21. The second-order valence-electron chi connectivity index (χ2n) is 5.00. The van der Waals surface area contributed by atoms with Crippen molar-refractivity contribution in [2.75, 3.05) is 12.3 Å². The van der Waals surface area contributed by atoms with Gasteiger partial charge in [0, 0.05) is 5.56 Å². The summed E-state index contributed by atoms with van der Waals surface area (Å²) < 4.78 is 7.28. The standard InChI is InChI=1S/C17H18N4O/c1-3-22-15-7-5-4-6-14(15)16-17(18)21(20-19-16)13-10-8-12(2)9-11-13/h4-11H,3,18H2,1-2H3. The van der Waals surface area contributed by atoms with Gasteiger partial charge in [-0.3, -0.25) is 0 Å². The Kier molecular flexibility index (Phi) is 3.78. The van der Waals surface area contributed by atoms with Crippen molar-refractivity contribution >= 4 is 5.82 Å². The molecule has 0 aliphatic rings. The number of hydrogen-bond acceptors (Lipinski definition) is 4. The minimum absolute atomic E-state index is 0.496. The smallest absolute Gasteiger partial charge is 0.156 e. The molecule has 0 unspecified atom stereocenters. The highest BCUT2D eigenvalue weighted by Crippen LogP contribution is 2.32. The molecule has 5 heteroatoms. The van der Waals surface area contributed by atoms with Crippen LogP contribution in [0.3, 0.4) is 0 Å². The van der Waals surface area contributed by atoms with E-state index in [2.05, 4.69) is 10.3 Å². The molecule has 0 spiro atoms.